The number of hydrogen-bond acceptors (Lipinski definition) is 4. The summed E-state index contributed by atoms with van der Waals surface area (Å²) in [7, 11) is 0. The Morgan fingerprint density at radius 1 is 1.05 bits per heavy atom. The molecule has 3 nitrogen and oxygen atoms in total. The monoisotopic (exact) mass is 292 g/mol. The zero-order valence-electron chi connectivity index (χ0n) is 12.6. The largest absolute Gasteiger partial charge is 0.348 e. The standard InChI is InChI=1S/C16H24N2OS/c1-16(2)10-12-14(13(19)11-16)20-15(17-12)18-8-6-4-3-5-7-9-18/h3-11H2,1-2H3. The second-order valence-corrected chi connectivity index (χ2v) is 7.95. The van der Waals surface area contributed by atoms with E-state index in [1.807, 2.05) is 0 Å². The Bertz CT molecular complexity index is 499. The van der Waals surface area contributed by atoms with Gasteiger partial charge in [0.25, 0.3) is 0 Å². The van der Waals surface area contributed by atoms with Gasteiger partial charge in [-0.25, -0.2) is 4.98 Å². The number of hydrogen-bond donors (Lipinski definition) is 0. The summed E-state index contributed by atoms with van der Waals surface area (Å²) >= 11 is 1.63. The zero-order chi connectivity index (χ0) is 14.2. The highest BCUT2D eigenvalue weighted by Crippen LogP contribution is 2.39. The van der Waals surface area contributed by atoms with Crippen molar-refractivity contribution in [2.45, 2.75) is 58.8 Å². The van der Waals surface area contributed by atoms with Crippen molar-refractivity contribution in [1.82, 2.24) is 4.98 Å². The fraction of sp³-hybridized carbons (Fsp3) is 0.750. The number of carbonyl (C=O) groups is 1. The smallest absolute Gasteiger partial charge is 0.186 e. The summed E-state index contributed by atoms with van der Waals surface area (Å²) in [5.74, 6) is 0.298. The van der Waals surface area contributed by atoms with Crippen LogP contribution in [0.15, 0.2) is 0 Å². The van der Waals surface area contributed by atoms with Crippen molar-refractivity contribution in [3.63, 3.8) is 0 Å². The highest BCUT2D eigenvalue weighted by Gasteiger charge is 2.34. The van der Waals surface area contributed by atoms with Crippen LogP contribution >= 0.6 is 11.3 Å². The van der Waals surface area contributed by atoms with Gasteiger partial charge in [0.1, 0.15) is 0 Å². The highest BCUT2D eigenvalue weighted by molar-refractivity contribution is 7.17. The van der Waals surface area contributed by atoms with Crippen molar-refractivity contribution >= 4 is 22.3 Å². The van der Waals surface area contributed by atoms with Gasteiger partial charge >= 0.3 is 0 Å². The molecule has 2 aliphatic rings. The fourth-order valence-corrected chi connectivity index (χ4v) is 4.35. The maximum absolute atomic E-state index is 12.3. The van der Waals surface area contributed by atoms with E-state index in [4.69, 9.17) is 4.98 Å². The van der Waals surface area contributed by atoms with Gasteiger partial charge in [-0.3, -0.25) is 4.79 Å². The first-order valence-corrected chi connectivity index (χ1v) is 8.65. The van der Waals surface area contributed by atoms with Crippen LogP contribution < -0.4 is 4.90 Å². The number of ketones is 1. The summed E-state index contributed by atoms with van der Waals surface area (Å²) in [6.45, 7) is 6.54. The number of thiazole rings is 1. The second kappa shape index (κ2) is 5.47. The quantitative estimate of drug-likeness (QED) is 0.782. The first-order chi connectivity index (χ1) is 9.55. The number of rotatable bonds is 1. The Balaban J connectivity index is 1.83. The van der Waals surface area contributed by atoms with Crippen molar-refractivity contribution in [1.29, 1.82) is 0 Å². The van der Waals surface area contributed by atoms with Gasteiger partial charge < -0.3 is 4.90 Å². The third kappa shape index (κ3) is 2.90. The Labute approximate surface area is 125 Å². The molecular formula is C16H24N2OS. The van der Waals surface area contributed by atoms with Crippen LogP contribution in [0.2, 0.25) is 0 Å². The molecule has 1 aromatic rings. The first kappa shape index (κ1) is 14.1. The maximum Gasteiger partial charge on any atom is 0.186 e. The molecule has 0 radical (unpaired) electrons. The number of anilines is 1. The molecule has 0 N–H and O–H groups in total. The SMILES string of the molecule is CC1(C)CC(=O)c2sc(N3CCCCCCC3)nc2C1. The van der Waals surface area contributed by atoms with Crippen LogP contribution in [0.5, 0.6) is 0 Å². The van der Waals surface area contributed by atoms with Crippen LogP contribution in [0, 0.1) is 5.41 Å². The third-order valence-electron chi connectivity index (χ3n) is 4.35. The van der Waals surface area contributed by atoms with Gasteiger partial charge in [-0.1, -0.05) is 44.4 Å². The van der Waals surface area contributed by atoms with E-state index >= 15 is 0 Å². The van der Waals surface area contributed by atoms with Gasteiger partial charge in [0.15, 0.2) is 10.9 Å². The van der Waals surface area contributed by atoms with Crippen LogP contribution in [0.3, 0.4) is 0 Å². The molecule has 1 aromatic heterocycles. The summed E-state index contributed by atoms with van der Waals surface area (Å²) in [6, 6.07) is 0. The van der Waals surface area contributed by atoms with Gasteiger partial charge in [-0.15, -0.1) is 0 Å². The van der Waals surface area contributed by atoms with Gasteiger partial charge in [0, 0.05) is 19.5 Å². The molecule has 1 fully saturated rings. The predicted molar refractivity (Wildman–Crippen MR) is 83.8 cm³/mol. The minimum atomic E-state index is 0.0751. The Hall–Kier alpha value is -0.900. The first-order valence-electron chi connectivity index (χ1n) is 7.83. The summed E-state index contributed by atoms with van der Waals surface area (Å²) in [4.78, 5) is 20.4. The van der Waals surface area contributed by atoms with E-state index in [0.29, 0.717) is 12.2 Å². The van der Waals surface area contributed by atoms with Gasteiger partial charge in [-0.2, -0.15) is 0 Å². The molecule has 0 spiro atoms. The average molecular weight is 292 g/mol. The van der Waals surface area contributed by atoms with Crippen molar-refractivity contribution in [3.05, 3.63) is 10.6 Å². The van der Waals surface area contributed by atoms with E-state index in [-0.39, 0.29) is 5.41 Å². The Kier molecular flexibility index (Phi) is 3.85. The molecule has 3 rings (SSSR count). The van der Waals surface area contributed by atoms with E-state index in [0.717, 1.165) is 35.2 Å². The molecule has 2 heterocycles. The summed E-state index contributed by atoms with van der Waals surface area (Å²) in [6.07, 6.45) is 8.14. The third-order valence-corrected chi connectivity index (χ3v) is 5.55. The van der Waals surface area contributed by atoms with Crippen molar-refractivity contribution in [3.8, 4) is 0 Å². The van der Waals surface area contributed by atoms with E-state index in [1.54, 1.807) is 11.3 Å². The number of aromatic nitrogens is 1. The molecule has 0 amide bonds. The number of fused-ring (bicyclic) bond motifs is 1. The molecule has 20 heavy (non-hydrogen) atoms. The van der Waals surface area contributed by atoms with Crippen LogP contribution in [0.25, 0.3) is 0 Å². The number of nitrogens with zero attached hydrogens (tertiary/aromatic N) is 2. The number of Topliss-reactive ketones (excluding diaryl/α,β-unsaturated/α-hetero) is 1. The molecular weight excluding hydrogens is 268 g/mol. The highest BCUT2D eigenvalue weighted by atomic mass is 32.1. The van der Waals surface area contributed by atoms with Crippen LogP contribution in [-0.2, 0) is 6.42 Å². The zero-order valence-corrected chi connectivity index (χ0v) is 13.4. The molecule has 0 aromatic carbocycles. The molecule has 1 aliphatic heterocycles. The topological polar surface area (TPSA) is 33.2 Å². The summed E-state index contributed by atoms with van der Waals surface area (Å²) < 4.78 is 0. The van der Waals surface area contributed by atoms with E-state index < -0.39 is 0 Å². The minimum absolute atomic E-state index is 0.0751. The predicted octanol–water partition coefficient (Wildman–Crippen LogP) is 4.07. The molecule has 0 atom stereocenters. The Morgan fingerprint density at radius 2 is 1.70 bits per heavy atom. The molecule has 1 aliphatic carbocycles. The van der Waals surface area contributed by atoms with E-state index in [2.05, 4.69) is 18.7 Å². The molecule has 4 heteroatoms. The second-order valence-electron chi connectivity index (χ2n) is 6.97. The van der Waals surface area contributed by atoms with Crippen molar-refractivity contribution in [2.24, 2.45) is 5.41 Å². The van der Waals surface area contributed by atoms with Crippen LogP contribution in [0.4, 0.5) is 5.13 Å². The molecule has 0 unspecified atom stereocenters. The molecule has 0 bridgehead atoms. The maximum atomic E-state index is 12.3. The lowest BCUT2D eigenvalue weighted by Gasteiger charge is -2.26. The van der Waals surface area contributed by atoms with Crippen LogP contribution in [0.1, 0.15) is 67.7 Å². The van der Waals surface area contributed by atoms with Gasteiger partial charge in [-0.05, 0) is 24.7 Å². The van der Waals surface area contributed by atoms with E-state index in [1.165, 1.54) is 32.1 Å². The van der Waals surface area contributed by atoms with Crippen molar-refractivity contribution < 1.29 is 4.79 Å². The molecule has 0 saturated carbocycles. The lowest BCUT2D eigenvalue weighted by Crippen LogP contribution is -2.27. The van der Waals surface area contributed by atoms with E-state index in [9.17, 15) is 4.79 Å². The fourth-order valence-electron chi connectivity index (χ4n) is 3.28. The average Bonchev–Trinajstić information content (AvgIpc) is 2.70. The normalized spacial score (nSPS) is 23.1. The van der Waals surface area contributed by atoms with Crippen LogP contribution in [-0.4, -0.2) is 23.9 Å². The van der Waals surface area contributed by atoms with Gasteiger partial charge in [0.2, 0.25) is 0 Å². The molecule has 1 saturated heterocycles. The van der Waals surface area contributed by atoms with Gasteiger partial charge in [0.05, 0.1) is 10.6 Å². The summed E-state index contributed by atoms with van der Waals surface area (Å²) in [5.41, 5.74) is 1.12. The lowest BCUT2D eigenvalue weighted by atomic mass is 9.78. The lowest BCUT2D eigenvalue weighted by molar-refractivity contribution is 0.0916. The Morgan fingerprint density at radius 3 is 2.40 bits per heavy atom. The molecule has 110 valence electrons. The minimum Gasteiger partial charge on any atom is -0.348 e. The summed E-state index contributed by atoms with van der Waals surface area (Å²) in [5, 5.41) is 1.09. The van der Waals surface area contributed by atoms with Crippen molar-refractivity contribution in [2.75, 3.05) is 18.0 Å². The number of carbonyl (C=O) groups excluding carboxylic acids is 1.